The lowest BCUT2D eigenvalue weighted by Crippen LogP contribution is -2.51. The first-order chi connectivity index (χ1) is 8.18. The maximum absolute atomic E-state index is 12.0. The highest BCUT2D eigenvalue weighted by Crippen LogP contribution is 2.17. The van der Waals surface area contributed by atoms with Crippen LogP contribution in [0.2, 0.25) is 0 Å². The number of rotatable bonds is 2. The molecule has 0 radical (unpaired) electrons. The van der Waals surface area contributed by atoms with Gasteiger partial charge in [0, 0.05) is 12.6 Å². The maximum Gasteiger partial charge on any atom is 0.326 e. The van der Waals surface area contributed by atoms with Crippen molar-refractivity contribution in [3.05, 3.63) is 0 Å². The Kier molecular flexibility index (Phi) is 3.83. The molecule has 0 unspecified atom stereocenters. The van der Waals surface area contributed by atoms with Crippen molar-refractivity contribution in [2.45, 2.75) is 37.8 Å². The van der Waals surface area contributed by atoms with Gasteiger partial charge < -0.3 is 20.6 Å². The molecule has 0 aliphatic carbocycles. The van der Waals surface area contributed by atoms with Gasteiger partial charge in [0.2, 0.25) is 0 Å². The zero-order valence-corrected chi connectivity index (χ0v) is 9.82. The number of nitrogens with zero attached hydrogens (tertiary/aromatic N) is 1. The van der Waals surface area contributed by atoms with Crippen LogP contribution in [0, 0.1) is 0 Å². The molecule has 0 aromatic rings. The van der Waals surface area contributed by atoms with Gasteiger partial charge in [0.15, 0.2) is 0 Å². The van der Waals surface area contributed by atoms with E-state index in [2.05, 4.69) is 10.6 Å². The second-order valence-electron chi connectivity index (χ2n) is 4.66. The Morgan fingerprint density at radius 1 is 1.24 bits per heavy atom. The zero-order chi connectivity index (χ0) is 12.3. The number of nitrogens with one attached hydrogen (secondary N) is 2. The maximum atomic E-state index is 12.0. The molecule has 96 valence electrons. The van der Waals surface area contributed by atoms with E-state index in [4.69, 9.17) is 5.11 Å². The summed E-state index contributed by atoms with van der Waals surface area (Å²) >= 11 is 0. The summed E-state index contributed by atoms with van der Waals surface area (Å²) in [7, 11) is 0. The standard InChI is InChI=1S/C11H19N3O3/c15-10(16)9-2-1-7-14(9)11(17)13-8-3-5-12-6-4-8/h8-9,12H,1-7H2,(H,13,17)(H,15,16)/t9-/m1/s1. The van der Waals surface area contributed by atoms with Crippen molar-refractivity contribution in [3.63, 3.8) is 0 Å². The molecule has 0 bridgehead atoms. The van der Waals surface area contributed by atoms with E-state index in [0.717, 1.165) is 32.4 Å². The van der Waals surface area contributed by atoms with Crippen LogP contribution in [0.15, 0.2) is 0 Å². The third-order valence-corrected chi connectivity index (χ3v) is 3.47. The molecule has 2 aliphatic rings. The number of urea groups is 1. The fourth-order valence-electron chi connectivity index (χ4n) is 2.49. The van der Waals surface area contributed by atoms with Crippen molar-refractivity contribution in [1.29, 1.82) is 0 Å². The van der Waals surface area contributed by atoms with E-state index >= 15 is 0 Å². The number of amides is 2. The Labute approximate surface area is 100 Å². The van der Waals surface area contributed by atoms with Crippen molar-refractivity contribution in [2.24, 2.45) is 0 Å². The monoisotopic (exact) mass is 241 g/mol. The molecule has 2 saturated heterocycles. The van der Waals surface area contributed by atoms with Crippen molar-refractivity contribution in [3.8, 4) is 0 Å². The van der Waals surface area contributed by atoms with Gasteiger partial charge in [0.05, 0.1) is 0 Å². The number of carboxylic acid groups (broad SMARTS) is 1. The van der Waals surface area contributed by atoms with Gasteiger partial charge in [-0.05, 0) is 38.8 Å². The second kappa shape index (κ2) is 5.35. The molecular weight excluding hydrogens is 222 g/mol. The highest BCUT2D eigenvalue weighted by Gasteiger charge is 2.34. The number of carbonyl (C=O) groups excluding carboxylic acids is 1. The van der Waals surface area contributed by atoms with Gasteiger partial charge in [0.1, 0.15) is 6.04 Å². The Bertz CT molecular complexity index is 302. The molecule has 2 rings (SSSR count). The van der Waals surface area contributed by atoms with Crippen molar-refractivity contribution >= 4 is 12.0 Å². The second-order valence-corrected chi connectivity index (χ2v) is 4.66. The summed E-state index contributed by atoms with van der Waals surface area (Å²) in [6, 6.07) is -0.683. The van der Waals surface area contributed by atoms with Crippen LogP contribution in [-0.2, 0) is 4.79 Å². The van der Waals surface area contributed by atoms with E-state index in [0.29, 0.717) is 13.0 Å². The van der Waals surface area contributed by atoms with Gasteiger partial charge in [-0.25, -0.2) is 9.59 Å². The fraction of sp³-hybridized carbons (Fsp3) is 0.818. The highest BCUT2D eigenvalue weighted by atomic mass is 16.4. The quantitative estimate of drug-likeness (QED) is 0.635. The number of aliphatic carboxylic acids is 1. The largest absolute Gasteiger partial charge is 0.480 e. The lowest BCUT2D eigenvalue weighted by molar-refractivity contribution is -0.141. The Hall–Kier alpha value is -1.30. The summed E-state index contributed by atoms with van der Waals surface area (Å²) in [4.78, 5) is 24.4. The number of hydrogen-bond donors (Lipinski definition) is 3. The van der Waals surface area contributed by atoms with Crippen molar-refractivity contribution < 1.29 is 14.7 Å². The van der Waals surface area contributed by atoms with Crippen LogP contribution in [0.3, 0.4) is 0 Å². The molecule has 0 aromatic heterocycles. The van der Waals surface area contributed by atoms with E-state index in [1.807, 2.05) is 0 Å². The lowest BCUT2D eigenvalue weighted by Gasteiger charge is -2.28. The van der Waals surface area contributed by atoms with Gasteiger partial charge in [0.25, 0.3) is 0 Å². The van der Waals surface area contributed by atoms with Crippen molar-refractivity contribution in [1.82, 2.24) is 15.5 Å². The highest BCUT2D eigenvalue weighted by molar-refractivity contribution is 5.83. The van der Waals surface area contributed by atoms with E-state index < -0.39 is 12.0 Å². The molecule has 0 aromatic carbocycles. The smallest absolute Gasteiger partial charge is 0.326 e. The molecule has 2 aliphatic heterocycles. The number of likely N-dealkylation sites (tertiary alicyclic amines) is 1. The van der Waals surface area contributed by atoms with Crippen LogP contribution in [0.5, 0.6) is 0 Å². The summed E-state index contributed by atoms with van der Waals surface area (Å²) in [5.41, 5.74) is 0. The van der Waals surface area contributed by atoms with Gasteiger partial charge in [-0.15, -0.1) is 0 Å². The fourth-order valence-corrected chi connectivity index (χ4v) is 2.49. The van der Waals surface area contributed by atoms with Crippen LogP contribution in [-0.4, -0.2) is 53.7 Å². The Balaban J connectivity index is 1.88. The van der Waals surface area contributed by atoms with Crippen LogP contribution < -0.4 is 10.6 Å². The normalized spacial score (nSPS) is 25.9. The summed E-state index contributed by atoms with van der Waals surface area (Å²) in [6.07, 6.45) is 3.17. The minimum absolute atomic E-state index is 0.179. The average molecular weight is 241 g/mol. The van der Waals surface area contributed by atoms with Gasteiger partial charge >= 0.3 is 12.0 Å². The van der Waals surface area contributed by atoms with Crippen LogP contribution >= 0.6 is 0 Å². The lowest BCUT2D eigenvalue weighted by atomic mass is 10.1. The summed E-state index contributed by atoms with van der Waals surface area (Å²) in [5.74, 6) is -0.900. The van der Waals surface area contributed by atoms with E-state index in [1.165, 1.54) is 4.90 Å². The van der Waals surface area contributed by atoms with E-state index in [-0.39, 0.29) is 12.1 Å². The van der Waals surface area contributed by atoms with Gasteiger partial charge in [-0.2, -0.15) is 0 Å². The first kappa shape index (κ1) is 12.2. The molecule has 1 atom stereocenters. The number of carboxylic acids is 1. The van der Waals surface area contributed by atoms with Crippen LogP contribution in [0.25, 0.3) is 0 Å². The number of hydrogen-bond acceptors (Lipinski definition) is 3. The molecule has 0 saturated carbocycles. The summed E-state index contributed by atoms with van der Waals surface area (Å²) < 4.78 is 0. The number of carbonyl (C=O) groups is 2. The predicted octanol–water partition coefficient (Wildman–Crippen LogP) is -0.00300. The molecule has 0 spiro atoms. The molecule has 2 heterocycles. The molecule has 2 fully saturated rings. The minimum Gasteiger partial charge on any atom is -0.480 e. The summed E-state index contributed by atoms with van der Waals surface area (Å²) in [5, 5.41) is 15.2. The first-order valence-electron chi connectivity index (χ1n) is 6.19. The molecular formula is C11H19N3O3. The minimum atomic E-state index is -0.900. The third kappa shape index (κ3) is 2.88. The summed E-state index contributed by atoms with van der Waals surface area (Å²) in [6.45, 7) is 2.37. The van der Waals surface area contributed by atoms with Gasteiger partial charge in [-0.1, -0.05) is 0 Å². The topological polar surface area (TPSA) is 81.7 Å². The van der Waals surface area contributed by atoms with Crippen molar-refractivity contribution in [2.75, 3.05) is 19.6 Å². The Morgan fingerprint density at radius 3 is 2.59 bits per heavy atom. The number of piperidine rings is 1. The predicted molar refractivity (Wildman–Crippen MR) is 61.8 cm³/mol. The third-order valence-electron chi connectivity index (χ3n) is 3.47. The Morgan fingerprint density at radius 2 is 1.94 bits per heavy atom. The molecule has 6 nitrogen and oxygen atoms in total. The van der Waals surface area contributed by atoms with Crippen LogP contribution in [0.4, 0.5) is 4.79 Å². The molecule has 3 N–H and O–H groups in total. The van der Waals surface area contributed by atoms with Gasteiger partial charge in [-0.3, -0.25) is 0 Å². The van der Waals surface area contributed by atoms with E-state index in [1.54, 1.807) is 0 Å². The molecule has 2 amide bonds. The molecule has 17 heavy (non-hydrogen) atoms. The molecule has 6 heteroatoms. The van der Waals surface area contributed by atoms with Crippen LogP contribution in [0.1, 0.15) is 25.7 Å². The first-order valence-corrected chi connectivity index (χ1v) is 6.19. The average Bonchev–Trinajstić information content (AvgIpc) is 2.79. The SMILES string of the molecule is O=C(O)[C@H]1CCCN1C(=O)NC1CCNCC1. The van der Waals surface area contributed by atoms with E-state index in [9.17, 15) is 9.59 Å². The zero-order valence-electron chi connectivity index (χ0n) is 9.82.